The van der Waals surface area contributed by atoms with Gasteiger partial charge >= 0.3 is 0 Å². The molecule has 0 fully saturated rings. The Balaban J connectivity index is 1.76. The van der Waals surface area contributed by atoms with Crippen molar-refractivity contribution in [2.45, 2.75) is 25.8 Å². The summed E-state index contributed by atoms with van der Waals surface area (Å²) >= 11 is 0. The van der Waals surface area contributed by atoms with Crippen LogP contribution < -0.4 is 10.6 Å². The van der Waals surface area contributed by atoms with Crippen molar-refractivity contribution in [2.75, 3.05) is 18.0 Å². The van der Waals surface area contributed by atoms with Crippen LogP contribution in [0.15, 0.2) is 42.6 Å². The molecular weight excluding hydrogens is 246 g/mol. The van der Waals surface area contributed by atoms with Gasteiger partial charge in [-0.05, 0) is 42.5 Å². The number of pyridine rings is 1. The van der Waals surface area contributed by atoms with Crippen molar-refractivity contribution in [3.05, 3.63) is 59.3 Å². The first-order chi connectivity index (χ1) is 9.74. The van der Waals surface area contributed by atoms with E-state index in [0.29, 0.717) is 0 Å². The lowest BCUT2D eigenvalue weighted by atomic mass is 10.0. The van der Waals surface area contributed by atoms with Gasteiger partial charge in [0.25, 0.3) is 0 Å². The minimum atomic E-state index is 0.0462. The van der Waals surface area contributed by atoms with Gasteiger partial charge in [-0.25, -0.2) is 4.98 Å². The van der Waals surface area contributed by atoms with Crippen LogP contribution in [-0.2, 0) is 12.8 Å². The maximum atomic E-state index is 5.87. The van der Waals surface area contributed by atoms with Crippen LogP contribution in [0, 0.1) is 0 Å². The molecule has 0 saturated carbocycles. The highest BCUT2D eigenvalue weighted by molar-refractivity contribution is 5.42. The summed E-state index contributed by atoms with van der Waals surface area (Å²) in [5.41, 5.74) is 9.91. The Labute approximate surface area is 120 Å². The second-order valence-corrected chi connectivity index (χ2v) is 5.49. The second kappa shape index (κ2) is 5.63. The maximum Gasteiger partial charge on any atom is 0.128 e. The smallest absolute Gasteiger partial charge is 0.128 e. The number of aromatic nitrogens is 1. The molecule has 1 aromatic heterocycles. The van der Waals surface area contributed by atoms with Gasteiger partial charge in [0.15, 0.2) is 0 Å². The standard InChI is InChI=1S/C17H21N3/c1-13(18)16-6-7-17(19-12-16)20-10-8-14-4-2-3-5-15(14)9-11-20/h2-7,12-13H,8-11,18H2,1H3. The summed E-state index contributed by atoms with van der Waals surface area (Å²) in [5, 5.41) is 0. The predicted octanol–water partition coefficient (Wildman–Crippen LogP) is 2.71. The Bertz CT molecular complexity index is 548. The van der Waals surface area contributed by atoms with E-state index in [1.54, 1.807) is 0 Å². The zero-order valence-corrected chi connectivity index (χ0v) is 11.9. The van der Waals surface area contributed by atoms with Crippen LogP contribution in [0.25, 0.3) is 0 Å². The number of nitrogens with zero attached hydrogens (tertiary/aromatic N) is 2. The summed E-state index contributed by atoms with van der Waals surface area (Å²) in [6.45, 7) is 4.04. The van der Waals surface area contributed by atoms with Gasteiger partial charge in [-0.15, -0.1) is 0 Å². The minimum absolute atomic E-state index is 0.0462. The van der Waals surface area contributed by atoms with Gasteiger partial charge in [-0.1, -0.05) is 30.3 Å². The maximum absolute atomic E-state index is 5.87. The Morgan fingerprint density at radius 3 is 2.20 bits per heavy atom. The zero-order valence-electron chi connectivity index (χ0n) is 11.9. The molecule has 0 radical (unpaired) electrons. The lowest BCUT2D eigenvalue weighted by Crippen LogP contribution is -2.26. The fraction of sp³-hybridized carbons (Fsp3) is 0.353. The van der Waals surface area contributed by atoms with Gasteiger partial charge in [-0.3, -0.25) is 0 Å². The van der Waals surface area contributed by atoms with Crippen LogP contribution in [0.1, 0.15) is 29.7 Å². The van der Waals surface area contributed by atoms with Crippen LogP contribution >= 0.6 is 0 Å². The summed E-state index contributed by atoms with van der Waals surface area (Å²) in [5.74, 6) is 1.06. The van der Waals surface area contributed by atoms with Crippen molar-refractivity contribution in [1.82, 2.24) is 4.98 Å². The molecule has 1 atom stereocenters. The van der Waals surface area contributed by atoms with Gasteiger partial charge in [0, 0.05) is 25.3 Å². The molecule has 2 N–H and O–H groups in total. The SMILES string of the molecule is CC(N)c1ccc(N2CCc3ccccc3CC2)nc1. The molecule has 2 aromatic rings. The number of rotatable bonds is 2. The minimum Gasteiger partial charge on any atom is -0.356 e. The van der Waals surface area contributed by atoms with Crippen molar-refractivity contribution in [3.63, 3.8) is 0 Å². The Hall–Kier alpha value is -1.87. The molecular formula is C17H21N3. The molecule has 1 unspecified atom stereocenters. The van der Waals surface area contributed by atoms with Crippen molar-refractivity contribution in [2.24, 2.45) is 5.73 Å². The lowest BCUT2D eigenvalue weighted by Gasteiger charge is -2.21. The molecule has 3 rings (SSSR count). The average molecular weight is 267 g/mol. The summed E-state index contributed by atoms with van der Waals surface area (Å²) in [7, 11) is 0. The van der Waals surface area contributed by atoms with Crippen LogP contribution in [0.4, 0.5) is 5.82 Å². The highest BCUT2D eigenvalue weighted by atomic mass is 15.2. The molecule has 1 aliphatic rings. The van der Waals surface area contributed by atoms with Gasteiger partial charge in [0.1, 0.15) is 5.82 Å². The summed E-state index contributed by atoms with van der Waals surface area (Å²) in [6, 6.07) is 13.0. The number of nitrogens with two attached hydrogens (primary N) is 1. The number of fused-ring (bicyclic) bond motifs is 1. The van der Waals surface area contributed by atoms with Gasteiger partial charge in [0.2, 0.25) is 0 Å². The Morgan fingerprint density at radius 1 is 1.05 bits per heavy atom. The monoisotopic (exact) mass is 267 g/mol. The first-order valence-electron chi connectivity index (χ1n) is 7.27. The molecule has 3 heteroatoms. The molecule has 0 spiro atoms. The molecule has 0 aliphatic carbocycles. The van der Waals surface area contributed by atoms with Gasteiger partial charge in [-0.2, -0.15) is 0 Å². The van der Waals surface area contributed by atoms with E-state index in [9.17, 15) is 0 Å². The van der Waals surface area contributed by atoms with E-state index in [1.807, 2.05) is 13.1 Å². The number of hydrogen-bond donors (Lipinski definition) is 1. The van der Waals surface area contributed by atoms with E-state index in [-0.39, 0.29) is 6.04 Å². The Morgan fingerprint density at radius 2 is 1.70 bits per heavy atom. The fourth-order valence-corrected chi connectivity index (χ4v) is 2.75. The topological polar surface area (TPSA) is 42.1 Å². The van der Waals surface area contributed by atoms with Crippen LogP contribution in [0.2, 0.25) is 0 Å². The van der Waals surface area contributed by atoms with E-state index in [2.05, 4.69) is 46.3 Å². The molecule has 1 aromatic carbocycles. The summed E-state index contributed by atoms with van der Waals surface area (Å²) < 4.78 is 0. The number of anilines is 1. The van der Waals surface area contributed by atoms with Crippen LogP contribution in [0.5, 0.6) is 0 Å². The van der Waals surface area contributed by atoms with Crippen molar-refractivity contribution < 1.29 is 0 Å². The lowest BCUT2D eigenvalue weighted by molar-refractivity contribution is 0.779. The van der Waals surface area contributed by atoms with Gasteiger partial charge < -0.3 is 10.6 Å². The van der Waals surface area contributed by atoms with E-state index in [0.717, 1.165) is 37.3 Å². The first kappa shape index (κ1) is 13.1. The highest BCUT2D eigenvalue weighted by Gasteiger charge is 2.14. The van der Waals surface area contributed by atoms with E-state index in [4.69, 9.17) is 5.73 Å². The molecule has 104 valence electrons. The third kappa shape index (κ3) is 2.68. The van der Waals surface area contributed by atoms with Crippen molar-refractivity contribution in [1.29, 1.82) is 0 Å². The van der Waals surface area contributed by atoms with Crippen molar-refractivity contribution in [3.8, 4) is 0 Å². The molecule has 20 heavy (non-hydrogen) atoms. The van der Waals surface area contributed by atoms with Crippen LogP contribution in [0.3, 0.4) is 0 Å². The summed E-state index contributed by atoms with van der Waals surface area (Å²) in [6.07, 6.45) is 4.08. The molecule has 2 heterocycles. The molecule has 0 saturated heterocycles. The van der Waals surface area contributed by atoms with E-state index in [1.165, 1.54) is 11.1 Å². The molecule has 1 aliphatic heterocycles. The van der Waals surface area contributed by atoms with E-state index < -0.39 is 0 Å². The molecule has 0 amide bonds. The van der Waals surface area contributed by atoms with Crippen LogP contribution in [-0.4, -0.2) is 18.1 Å². The molecule has 0 bridgehead atoms. The highest BCUT2D eigenvalue weighted by Crippen LogP contribution is 2.20. The van der Waals surface area contributed by atoms with E-state index >= 15 is 0 Å². The van der Waals surface area contributed by atoms with Crippen molar-refractivity contribution >= 4 is 5.82 Å². The number of hydrogen-bond acceptors (Lipinski definition) is 3. The molecule has 3 nitrogen and oxygen atoms in total. The zero-order chi connectivity index (χ0) is 13.9. The van der Waals surface area contributed by atoms with Gasteiger partial charge in [0.05, 0.1) is 0 Å². The number of benzene rings is 1. The average Bonchev–Trinajstić information content (AvgIpc) is 2.70. The fourth-order valence-electron chi connectivity index (χ4n) is 2.75. The third-order valence-corrected chi connectivity index (χ3v) is 4.04. The second-order valence-electron chi connectivity index (χ2n) is 5.49. The Kier molecular flexibility index (Phi) is 3.70. The predicted molar refractivity (Wildman–Crippen MR) is 82.9 cm³/mol. The largest absolute Gasteiger partial charge is 0.356 e. The quantitative estimate of drug-likeness (QED) is 0.909. The summed E-state index contributed by atoms with van der Waals surface area (Å²) in [4.78, 5) is 6.94. The first-order valence-corrected chi connectivity index (χ1v) is 7.27. The third-order valence-electron chi connectivity index (χ3n) is 4.04. The normalized spacial score (nSPS) is 16.4.